The molecule has 0 radical (unpaired) electrons. The standard InChI is InChI=1S/C10H19N3O/c1-2-4-12-6-8(7-12)13-5-3-9(11)10(13)14/h8-9H,2-7,11H2,1H3. The highest BCUT2D eigenvalue weighted by atomic mass is 16.2. The summed E-state index contributed by atoms with van der Waals surface area (Å²) >= 11 is 0. The zero-order chi connectivity index (χ0) is 10.1. The summed E-state index contributed by atoms with van der Waals surface area (Å²) < 4.78 is 0. The molecule has 2 rings (SSSR count). The van der Waals surface area contributed by atoms with Gasteiger partial charge in [0.1, 0.15) is 0 Å². The topological polar surface area (TPSA) is 49.6 Å². The van der Waals surface area contributed by atoms with E-state index in [1.54, 1.807) is 0 Å². The molecule has 0 aromatic rings. The van der Waals surface area contributed by atoms with Gasteiger partial charge in [-0.1, -0.05) is 6.92 Å². The maximum absolute atomic E-state index is 11.6. The quantitative estimate of drug-likeness (QED) is 0.672. The number of amides is 1. The fraction of sp³-hybridized carbons (Fsp3) is 0.900. The van der Waals surface area contributed by atoms with Crippen LogP contribution in [0.3, 0.4) is 0 Å². The molecule has 0 aromatic carbocycles. The monoisotopic (exact) mass is 197 g/mol. The first-order valence-corrected chi connectivity index (χ1v) is 5.50. The number of nitrogens with zero attached hydrogens (tertiary/aromatic N) is 2. The number of likely N-dealkylation sites (tertiary alicyclic amines) is 2. The van der Waals surface area contributed by atoms with E-state index in [1.807, 2.05) is 4.90 Å². The number of hydrogen-bond donors (Lipinski definition) is 1. The van der Waals surface area contributed by atoms with Crippen LogP contribution in [0, 0.1) is 0 Å². The van der Waals surface area contributed by atoms with Gasteiger partial charge in [-0.3, -0.25) is 9.69 Å². The fourth-order valence-corrected chi connectivity index (χ4v) is 2.33. The Kier molecular flexibility index (Phi) is 2.74. The van der Waals surface area contributed by atoms with Crippen molar-refractivity contribution < 1.29 is 4.79 Å². The summed E-state index contributed by atoms with van der Waals surface area (Å²) in [7, 11) is 0. The van der Waals surface area contributed by atoms with Crippen LogP contribution in [0.5, 0.6) is 0 Å². The van der Waals surface area contributed by atoms with E-state index >= 15 is 0 Å². The lowest BCUT2D eigenvalue weighted by molar-refractivity contribution is -0.133. The van der Waals surface area contributed by atoms with Gasteiger partial charge in [0.2, 0.25) is 5.91 Å². The van der Waals surface area contributed by atoms with Crippen LogP contribution in [0.1, 0.15) is 19.8 Å². The lowest BCUT2D eigenvalue weighted by atomic mass is 10.1. The van der Waals surface area contributed by atoms with Crippen LogP contribution in [-0.2, 0) is 4.79 Å². The smallest absolute Gasteiger partial charge is 0.239 e. The van der Waals surface area contributed by atoms with E-state index in [9.17, 15) is 4.79 Å². The third kappa shape index (κ3) is 1.64. The van der Waals surface area contributed by atoms with Crippen molar-refractivity contribution in [1.29, 1.82) is 0 Å². The van der Waals surface area contributed by atoms with Gasteiger partial charge in [0.25, 0.3) is 0 Å². The summed E-state index contributed by atoms with van der Waals surface area (Å²) in [6.07, 6.45) is 2.03. The molecule has 1 unspecified atom stereocenters. The second-order valence-electron chi connectivity index (χ2n) is 4.34. The minimum absolute atomic E-state index is 0.158. The fourth-order valence-electron chi connectivity index (χ4n) is 2.33. The number of carbonyl (C=O) groups is 1. The molecule has 1 atom stereocenters. The van der Waals surface area contributed by atoms with E-state index < -0.39 is 0 Å². The van der Waals surface area contributed by atoms with Crippen LogP contribution in [0.15, 0.2) is 0 Å². The van der Waals surface area contributed by atoms with Crippen LogP contribution >= 0.6 is 0 Å². The number of carbonyl (C=O) groups excluding carboxylic acids is 1. The number of nitrogens with two attached hydrogens (primary N) is 1. The van der Waals surface area contributed by atoms with Gasteiger partial charge in [-0.05, 0) is 19.4 Å². The Morgan fingerprint density at radius 3 is 2.71 bits per heavy atom. The molecule has 0 aromatic heterocycles. The van der Waals surface area contributed by atoms with E-state index in [4.69, 9.17) is 5.73 Å². The lowest BCUT2D eigenvalue weighted by Gasteiger charge is -2.44. The molecule has 80 valence electrons. The van der Waals surface area contributed by atoms with Crippen LogP contribution in [0.25, 0.3) is 0 Å². The molecule has 0 spiro atoms. The van der Waals surface area contributed by atoms with Crippen molar-refractivity contribution in [2.24, 2.45) is 5.73 Å². The van der Waals surface area contributed by atoms with Crippen molar-refractivity contribution in [3.63, 3.8) is 0 Å². The third-order valence-corrected chi connectivity index (χ3v) is 3.20. The van der Waals surface area contributed by atoms with Crippen molar-refractivity contribution >= 4 is 5.91 Å². The van der Waals surface area contributed by atoms with Gasteiger partial charge < -0.3 is 10.6 Å². The summed E-state index contributed by atoms with van der Waals surface area (Å²) in [6, 6.07) is 0.220. The number of hydrogen-bond acceptors (Lipinski definition) is 3. The molecule has 0 aliphatic carbocycles. The molecular formula is C10H19N3O. The van der Waals surface area contributed by atoms with Crippen LogP contribution in [0.2, 0.25) is 0 Å². The largest absolute Gasteiger partial charge is 0.336 e. The van der Waals surface area contributed by atoms with E-state index in [2.05, 4.69) is 11.8 Å². The Balaban J connectivity index is 1.80. The normalized spacial score (nSPS) is 29.7. The van der Waals surface area contributed by atoms with E-state index in [1.165, 1.54) is 6.42 Å². The maximum atomic E-state index is 11.6. The zero-order valence-corrected chi connectivity index (χ0v) is 8.78. The molecule has 0 saturated carbocycles. The Hall–Kier alpha value is -0.610. The van der Waals surface area contributed by atoms with Crippen molar-refractivity contribution in [3.05, 3.63) is 0 Å². The van der Waals surface area contributed by atoms with Gasteiger partial charge in [-0.15, -0.1) is 0 Å². The molecule has 4 heteroatoms. The van der Waals surface area contributed by atoms with Gasteiger partial charge in [-0.25, -0.2) is 0 Å². The first kappa shape index (κ1) is 9.93. The third-order valence-electron chi connectivity index (χ3n) is 3.20. The van der Waals surface area contributed by atoms with E-state index in [-0.39, 0.29) is 11.9 Å². The first-order chi connectivity index (χ1) is 6.72. The average molecular weight is 197 g/mol. The molecule has 2 aliphatic rings. The van der Waals surface area contributed by atoms with Gasteiger partial charge >= 0.3 is 0 Å². The van der Waals surface area contributed by atoms with E-state index in [0.717, 1.165) is 32.6 Å². The predicted octanol–water partition coefficient (Wildman–Crippen LogP) is -0.360. The minimum Gasteiger partial charge on any atom is -0.336 e. The summed E-state index contributed by atoms with van der Waals surface area (Å²) in [5.41, 5.74) is 5.67. The summed E-state index contributed by atoms with van der Waals surface area (Å²) in [5, 5.41) is 0. The lowest BCUT2D eigenvalue weighted by Crippen LogP contribution is -2.60. The van der Waals surface area contributed by atoms with Crippen molar-refractivity contribution in [2.45, 2.75) is 31.8 Å². The molecular weight excluding hydrogens is 178 g/mol. The van der Waals surface area contributed by atoms with Crippen molar-refractivity contribution in [2.75, 3.05) is 26.2 Å². The first-order valence-electron chi connectivity index (χ1n) is 5.50. The number of rotatable bonds is 3. The highest BCUT2D eigenvalue weighted by molar-refractivity contribution is 5.84. The van der Waals surface area contributed by atoms with Crippen molar-refractivity contribution in [1.82, 2.24) is 9.80 Å². The molecule has 1 amide bonds. The van der Waals surface area contributed by atoms with Crippen molar-refractivity contribution in [3.8, 4) is 0 Å². The van der Waals surface area contributed by atoms with Gasteiger partial charge in [0.15, 0.2) is 0 Å². The van der Waals surface area contributed by atoms with Crippen LogP contribution < -0.4 is 5.73 Å². The average Bonchev–Trinajstić information content (AvgIpc) is 2.41. The summed E-state index contributed by atoms with van der Waals surface area (Å²) in [6.45, 7) is 6.30. The predicted molar refractivity (Wildman–Crippen MR) is 54.8 cm³/mol. The van der Waals surface area contributed by atoms with Gasteiger partial charge in [0, 0.05) is 19.6 Å². The SMILES string of the molecule is CCCN1CC(N2CCC(N)C2=O)C1. The highest BCUT2D eigenvalue weighted by Gasteiger charge is 2.39. The van der Waals surface area contributed by atoms with Gasteiger partial charge in [0.05, 0.1) is 12.1 Å². The minimum atomic E-state index is -0.227. The molecule has 2 heterocycles. The molecule has 4 nitrogen and oxygen atoms in total. The molecule has 2 aliphatic heterocycles. The molecule has 2 N–H and O–H groups in total. The molecule has 0 bridgehead atoms. The van der Waals surface area contributed by atoms with Crippen LogP contribution in [-0.4, -0.2) is 54.0 Å². The second-order valence-corrected chi connectivity index (χ2v) is 4.34. The summed E-state index contributed by atoms with van der Waals surface area (Å²) in [5.74, 6) is 0.158. The summed E-state index contributed by atoms with van der Waals surface area (Å²) in [4.78, 5) is 15.9. The maximum Gasteiger partial charge on any atom is 0.239 e. The van der Waals surface area contributed by atoms with E-state index in [0.29, 0.717) is 6.04 Å². The second kappa shape index (κ2) is 3.87. The Labute approximate surface area is 85.0 Å². The van der Waals surface area contributed by atoms with Gasteiger partial charge in [-0.2, -0.15) is 0 Å². The van der Waals surface area contributed by atoms with Crippen LogP contribution in [0.4, 0.5) is 0 Å². The highest BCUT2D eigenvalue weighted by Crippen LogP contribution is 2.20. The molecule has 2 fully saturated rings. The Bertz CT molecular complexity index is 225. The molecule has 14 heavy (non-hydrogen) atoms. The Morgan fingerprint density at radius 2 is 2.21 bits per heavy atom. The Morgan fingerprint density at radius 1 is 1.50 bits per heavy atom. The molecule has 2 saturated heterocycles. The zero-order valence-electron chi connectivity index (χ0n) is 8.78.